The maximum absolute atomic E-state index is 11.7. The van der Waals surface area contributed by atoms with Crippen LogP contribution in [0.4, 0.5) is 0 Å². The van der Waals surface area contributed by atoms with Crippen molar-refractivity contribution in [2.24, 2.45) is 11.7 Å². The van der Waals surface area contributed by atoms with Gasteiger partial charge in [-0.1, -0.05) is 6.92 Å². The van der Waals surface area contributed by atoms with Gasteiger partial charge >= 0.3 is 0 Å². The summed E-state index contributed by atoms with van der Waals surface area (Å²) in [6, 6.07) is 0. The van der Waals surface area contributed by atoms with E-state index in [9.17, 15) is 8.42 Å². The van der Waals surface area contributed by atoms with E-state index in [4.69, 9.17) is 11.1 Å². The Hall–Kier alpha value is -0.660. The van der Waals surface area contributed by atoms with Crippen molar-refractivity contribution in [3.63, 3.8) is 0 Å². The van der Waals surface area contributed by atoms with Crippen LogP contribution >= 0.6 is 0 Å². The molecule has 1 unspecified atom stereocenters. The number of amidine groups is 1. The van der Waals surface area contributed by atoms with Gasteiger partial charge in [0, 0.05) is 25.6 Å². The highest BCUT2D eigenvalue weighted by Crippen LogP contribution is 2.11. The van der Waals surface area contributed by atoms with Crippen molar-refractivity contribution >= 4 is 16.0 Å². The fraction of sp³-hybridized carbons (Fsp3) is 0.875. The summed E-state index contributed by atoms with van der Waals surface area (Å²) in [6.07, 6.45) is 1.84. The molecular weight excluding hydrogens is 216 g/mol. The first-order chi connectivity index (χ1) is 6.93. The highest BCUT2D eigenvalue weighted by atomic mass is 32.2. The Balaban J connectivity index is 2.46. The molecule has 0 saturated carbocycles. The molecule has 88 valence electrons. The van der Waals surface area contributed by atoms with Crippen LogP contribution in [0.1, 0.15) is 19.8 Å². The maximum atomic E-state index is 11.7. The fourth-order valence-corrected chi connectivity index (χ4v) is 2.74. The molecule has 6 nitrogen and oxygen atoms in total. The third kappa shape index (κ3) is 3.44. The molecule has 7 heteroatoms. The second kappa shape index (κ2) is 4.91. The van der Waals surface area contributed by atoms with Crippen LogP contribution in [-0.4, -0.2) is 38.2 Å². The molecule has 0 radical (unpaired) electrons. The predicted molar refractivity (Wildman–Crippen MR) is 58.8 cm³/mol. The van der Waals surface area contributed by atoms with Crippen LogP contribution in [0.3, 0.4) is 0 Å². The molecule has 1 fully saturated rings. The van der Waals surface area contributed by atoms with E-state index in [1.54, 1.807) is 6.92 Å². The lowest BCUT2D eigenvalue weighted by Crippen LogP contribution is -2.42. The van der Waals surface area contributed by atoms with E-state index in [0.29, 0.717) is 13.1 Å². The molecule has 1 rings (SSSR count). The molecular formula is C8H18N4O2S. The molecule has 0 aliphatic carbocycles. The van der Waals surface area contributed by atoms with Crippen molar-refractivity contribution < 1.29 is 8.42 Å². The standard InChI is InChI=1S/C8H18N4O2S/c1-7(8(9)10)6-11-15(13,14)12-4-2-3-5-12/h7,11H,2-6H2,1H3,(H3,9,10). The number of rotatable bonds is 5. The lowest BCUT2D eigenvalue weighted by molar-refractivity contribution is 0.462. The first kappa shape index (κ1) is 12.4. The van der Waals surface area contributed by atoms with Crippen molar-refractivity contribution in [1.82, 2.24) is 9.03 Å². The summed E-state index contributed by atoms with van der Waals surface area (Å²) in [7, 11) is -3.36. The Morgan fingerprint density at radius 2 is 2.07 bits per heavy atom. The third-order valence-corrected chi connectivity index (χ3v) is 4.08. The number of nitrogens with two attached hydrogens (primary N) is 1. The first-order valence-corrected chi connectivity index (χ1v) is 6.46. The SMILES string of the molecule is CC(CNS(=O)(=O)N1CCCC1)C(=N)N. The zero-order valence-corrected chi connectivity index (χ0v) is 9.68. The summed E-state index contributed by atoms with van der Waals surface area (Å²) >= 11 is 0. The van der Waals surface area contributed by atoms with Gasteiger partial charge in [0.15, 0.2) is 0 Å². The van der Waals surface area contributed by atoms with Crippen molar-refractivity contribution in [2.75, 3.05) is 19.6 Å². The van der Waals surface area contributed by atoms with Crippen molar-refractivity contribution in [1.29, 1.82) is 5.41 Å². The van der Waals surface area contributed by atoms with Crippen LogP contribution in [0.25, 0.3) is 0 Å². The molecule has 1 heterocycles. The van der Waals surface area contributed by atoms with Crippen LogP contribution in [0, 0.1) is 11.3 Å². The second-order valence-corrected chi connectivity index (χ2v) is 5.57. The van der Waals surface area contributed by atoms with Crippen molar-refractivity contribution in [3.8, 4) is 0 Å². The van der Waals surface area contributed by atoms with Gasteiger partial charge in [0.2, 0.25) is 0 Å². The zero-order chi connectivity index (χ0) is 11.5. The van der Waals surface area contributed by atoms with Crippen molar-refractivity contribution in [3.05, 3.63) is 0 Å². The normalized spacial score (nSPS) is 20.3. The molecule has 15 heavy (non-hydrogen) atoms. The summed E-state index contributed by atoms with van der Waals surface area (Å²) in [6.45, 7) is 3.08. The molecule has 0 aromatic rings. The van der Waals surface area contributed by atoms with Gasteiger partial charge in [-0.15, -0.1) is 0 Å². The largest absolute Gasteiger partial charge is 0.387 e. The molecule has 1 aliphatic rings. The van der Waals surface area contributed by atoms with Gasteiger partial charge < -0.3 is 5.73 Å². The fourth-order valence-electron chi connectivity index (χ4n) is 1.36. The van der Waals surface area contributed by atoms with E-state index in [-0.39, 0.29) is 18.3 Å². The van der Waals surface area contributed by atoms with E-state index in [1.807, 2.05) is 0 Å². The van der Waals surface area contributed by atoms with E-state index < -0.39 is 10.2 Å². The molecule has 0 bridgehead atoms. The monoisotopic (exact) mass is 234 g/mol. The van der Waals surface area contributed by atoms with E-state index in [2.05, 4.69) is 4.72 Å². The smallest absolute Gasteiger partial charge is 0.279 e. The Kier molecular flexibility index (Phi) is 4.06. The Morgan fingerprint density at radius 3 is 2.53 bits per heavy atom. The highest BCUT2D eigenvalue weighted by molar-refractivity contribution is 7.87. The summed E-state index contributed by atoms with van der Waals surface area (Å²) in [5.41, 5.74) is 5.25. The Bertz CT molecular complexity index is 322. The molecule has 1 aliphatic heterocycles. The van der Waals surface area contributed by atoms with Gasteiger partial charge in [0.05, 0.1) is 5.84 Å². The summed E-state index contributed by atoms with van der Waals surface area (Å²) < 4.78 is 27.2. The average molecular weight is 234 g/mol. The predicted octanol–water partition coefficient (Wildman–Crippen LogP) is -0.511. The summed E-state index contributed by atoms with van der Waals surface area (Å²) in [5, 5.41) is 7.15. The zero-order valence-electron chi connectivity index (χ0n) is 8.86. The minimum atomic E-state index is -3.36. The van der Waals surface area contributed by atoms with Gasteiger partial charge in [-0.25, -0.2) is 4.72 Å². The number of hydrogen-bond donors (Lipinski definition) is 3. The van der Waals surface area contributed by atoms with Crippen LogP contribution in [0.15, 0.2) is 0 Å². The first-order valence-electron chi connectivity index (χ1n) is 5.02. The summed E-state index contributed by atoms with van der Waals surface area (Å²) in [4.78, 5) is 0. The Morgan fingerprint density at radius 1 is 1.53 bits per heavy atom. The highest BCUT2D eigenvalue weighted by Gasteiger charge is 2.25. The second-order valence-electron chi connectivity index (χ2n) is 3.82. The van der Waals surface area contributed by atoms with E-state index in [1.165, 1.54) is 4.31 Å². The van der Waals surface area contributed by atoms with Gasteiger partial charge in [-0.05, 0) is 12.8 Å². The van der Waals surface area contributed by atoms with Gasteiger partial charge in [0.25, 0.3) is 10.2 Å². The van der Waals surface area contributed by atoms with Gasteiger partial charge in [-0.3, -0.25) is 5.41 Å². The van der Waals surface area contributed by atoms with Crippen LogP contribution in [-0.2, 0) is 10.2 Å². The quantitative estimate of drug-likeness (QED) is 0.441. The summed E-state index contributed by atoms with van der Waals surface area (Å²) in [5.74, 6) is -0.262. The average Bonchev–Trinajstić information content (AvgIpc) is 2.67. The molecule has 0 spiro atoms. The minimum Gasteiger partial charge on any atom is -0.387 e. The van der Waals surface area contributed by atoms with E-state index in [0.717, 1.165) is 12.8 Å². The topological polar surface area (TPSA) is 99.3 Å². The van der Waals surface area contributed by atoms with Gasteiger partial charge in [0.1, 0.15) is 0 Å². The molecule has 0 amide bonds. The lowest BCUT2D eigenvalue weighted by atomic mass is 10.2. The minimum absolute atomic E-state index is 0.000813. The number of nitrogens with zero attached hydrogens (tertiary/aromatic N) is 1. The number of nitrogens with one attached hydrogen (secondary N) is 2. The number of hydrogen-bond acceptors (Lipinski definition) is 3. The van der Waals surface area contributed by atoms with Crippen LogP contribution < -0.4 is 10.5 Å². The van der Waals surface area contributed by atoms with Crippen LogP contribution in [0.2, 0.25) is 0 Å². The molecule has 0 aromatic heterocycles. The lowest BCUT2D eigenvalue weighted by Gasteiger charge is -2.17. The van der Waals surface area contributed by atoms with Gasteiger partial charge in [-0.2, -0.15) is 12.7 Å². The van der Waals surface area contributed by atoms with Crippen LogP contribution in [0.5, 0.6) is 0 Å². The van der Waals surface area contributed by atoms with E-state index >= 15 is 0 Å². The molecule has 0 aromatic carbocycles. The third-order valence-electron chi connectivity index (χ3n) is 2.51. The Labute approximate surface area is 90.5 Å². The molecule has 4 N–H and O–H groups in total. The molecule has 1 saturated heterocycles. The molecule has 1 atom stereocenters. The maximum Gasteiger partial charge on any atom is 0.279 e. The van der Waals surface area contributed by atoms with Crippen molar-refractivity contribution in [2.45, 2.75) is 19.8 Å².